The third kappa shape index (κ3) is 5.68. The number of likely N-dealkylation sites (tertiary alicyclic amines) is 1. The molecule has 1 aromatic heterocycles. The monoisotopic (exact) mass is 565 g/mol. The molecule has 4 heterocycles. The minimum Gasteiger partial charge on any atom is -0.454 e. The van der Waals surface area contributed by atoms with Crippen molar-refractivity contribution >= 4 is 28.8 Å². The van der Waals surface area contributed by atoms with Crippen LogP contribution in [0.25, 0.3) is 0 Å². The Morgan fingerprint density at radius 3 is 2.46 bits per heavy atom. The van der Waals surface area contributed by atoms with Crippen LogP contribution in [-0.2, 0) is 6.42 Å². The van der Waals surface area contributed by atoms with Gasteiger partial charge in [-0.05, 0) is 73.4 Å². The first kappa shape index (κ1) is 26.6. The lowest BCUT2D eigenvalue weighted by atomic mass is 9.97. The number of benzene rings is 2. The van der Waals surface area contributed by atoms with Gasteiger partial charge < -0.3 is 14.4 Å². The van der Waals surface area contributed by atoms with E-state index < -0.39 is 0 Å². The van der Waals surface area contributed by atoms with Crippen molar-refractivity contribution < 1.29 is 14.3 Å². The molecular formula is C31H36ClN3O3S. The molecule has 6 rings (SSSR count). The fourth-order valence-electron chi connectivity index (χ4n) is 6.32. The summed E-state index contributed by atoms with van der Waals surface area (Å²) in [6, 6.07) is 18.5. The minimum atomic E-state index is 0.0855. The molecule has 2 aromatic carbocycles. The molecule has 0 aliphatic carbocycles. The lowest BCUT2D eigenvalue weighted by molar-refractivity contribution is 0.0136. The van der Waals surface area contributed by atoms with Crippen molar-refractivity contribution in [2.45, 2.75) is 51.2 Å². The molecule has 8 heteroatoms. The van der Waals surface area contributed by atoms with Gasteiger partial charge in [-0.25, -0.2) is 0 Å². The first-order valence-electron chi connectivity index (χ1n) is 14.0. The zero-order valence-electron chi connectivity index (χ0n) is 22.6. The zero-order valence-corrected chi connectivity index (χ0v) is 24.2. The highest BCUT2D eigenvalue weighted by Crippen LogP contribution is 2.34. The molecule has 0 saturated carbocycles. The van der Waals surface area contributed by atoms with Gasteiger partial charge in [0, 0.05) is 50.8 Å². The van der Waals surface area contributed by atoms with E-state index >= 15 is 0 Å². The first-order valence-corrected chi connectivity index (χ1v) is 15.2. The van der Waals surface area contributed by atoms with Crippen LogP contribution >= 0.6 is 22.9 Å². The van der Waals surface area contributed by atoms with E-state index in [1.165, 1.54) is 28.0 Å². The molecule has 0 bridgehead atoms. The van der Waals surface area contributed by atoms with Crippen LogP contribution in [0.3, 0.4) is 0 Å². The van der Waals surface area contributed by atoms with E-state index in [9.17, 15) is 4.79 Å². The van der Waals surface area contributed by atoms with Crippen LogP contribution in [0.4, 0.5) is 0 Å². The molecular weight excluding hydrogens is 530 g/mol. The molecule has 206 valence electrons. The smallest absolute Gasteiger partial charge is 0.265 e. The molecule has 3 aliphatic heterocycles. The maximum absolute atomic E-state index is 12.8. The summed E-state index contributed by atoms with van der Waals surface area (Å²) in [4.78, 5) is 20.8. The number of carbonyl (C=O) groups excluding carboxylic acids is 1. The van der Waals surface area contributed by atoms with Crippen LogP contribution in [0.2, 0.25) is 5.02 Å². The maximum Gasteiger partial charge on any atom is 0.265 e. The van der Waals surface area contributed by atoms with E-state index in [4.69, 9.17) is 21.1 Å². The Bertz CT molecular complexity index is 1300. The van der Waals surface area contributed by atoms with E-state index in [1.54, 1.807) is 0 Å². The summed E-state index contributed by atoms with van der Waals surface area (Å²) in [5.74, 6) is 1.76. The lowest BCUT2D eigenvalue weighted by Crippen LogP contribution is -2.57. The third-order valence-electron chi connectivity index (χ3n) is 8.59. The van der Waals surface area contributed by atoms with Crippen molar-refractivity contribution in [2.75, 3.05) is 39.5 Å². The topological polar surface area (TPSA) is 45.2 Å². The lowest BCUT2D eigenvalue weighted by Gasteiger charge is -2.47. The normalized spacial score (nSPS) is 21.3. The summed E-state index contributed by atoms with van der Waals surface area (Å²) >= 11 is 7.64. The second-order valence-electron chi connectivity index (χ2n) is 11.0. The van der Waals surface area contributed by atoms with Gasteiger partial charge in [0.25, 0.3) is 5.91 Å². The van der Waals surface area contributed by atoms with Crippen molar-refractivity contribution in [1.82, 2.24) is 14.7 Å². The number of halogens is 1. The van der Waals surface area contributed by atoms with Crippen molar-refractivity contribution in [3.8, 4) is 11.5 Å². The summed E-state index contributed by atoms with van der Waals surface area (Å²) in [5.41, 5.74) is 3.90. The van der Waals surface area contributed by atoms with Crippen LogP contribution in [0.1, 0.15) is 59.1 Å². The number of carbonyl (C=O) groups is 1. The third-order valence-corrected chi connectivity index (χ3v) is 9.92. The Morgan fingerprint density at radius 2 is 1.74 bits per heavy atom. The second kappa shape index (κ2) is 11.5. The molecule has 6 nitrogen and oxygen atoms in total. The van der Waals surface area contributed by atoms with Gasteiger partial charge in [0.05, 0.1) is 5.02 Å². The Balaban J connectivity index is 1.01. The number of nitrogens with zero attached hydrogens (tertiary/aromatic N) is 3. The predicted molar refractivity (Wildman–Crippen MR) is 156 cm³/mol. The molecule has 39 heavy (non-hydrogen) atoms. The van der Waals surface area contributed by atoms with Crippen molar-refractivity contribution in [3.05, 3.63) is 80.5 Å². The molecule has 0 radical (unpaired) electrons. The minimum absolute atomic E-state index is 0.0855. The average molecular weight is 566 g/mol. The number of fused-ring (bicyclic) bond motifs is 1. The average Bonchev–Trinajstić information content (AvgIpc) is 3.61. The molecule has 3 aliphatic rings. The van der Waals surface area contributed by atoms with E-state index in [1.807, 2.05) is 22.4 Å². The Morgan fingerprint density at radius 1 is 1.00 bits per heavy atom. The highest BCUT2D eigenvalue weighted by molar-refractivity contribution is 7.12. The van der Waals surface area contributed by atoms with Crippen LogP contribution in [-0.4, -0.2) is 72.2 Å². The van der Waals surface area contributed by atoms with Gasteiger partial charge in [0.15, 0.2) is 11.5 Å². The quantitative estimate of drug-likeness (QED) is 0.362. The number of rotatable bonds is 6. The molecule has 2 atom stereocenters. The number of amides is 1. The van der Waals surface area contributed by atoms with Gasteiger partial charge in [-0.15, -0.1) is 11.3 Å². The summed E-state index contributed by atoms with van der Waals surface area (Å²) in [5, 5.41) is 2.46. The highest BCUT2D eigenvalue weighted by atomic mass is 35.5. The fourth-order valence-corrected chi connectivity index (χ4v) is 7.43. The van der Waals surface area contributed by atoms with Crippen molar-refractivity contribution in [1.29, 1.82) is 0 Å². The number of piperazine rings is 1. The Hall–Kier alpha value is -2.58. The summed E-state index contributed by atoms with van der Waals surface area (Å²) in [6.45, 7) is 9.82. The van der Waals surface area contributed by atoms with Gasteiger partial charge in [-0.1, -0.05) is 41.9 Å². The van der Waals surface area contributed by atoms with E-state index in [-0.39, 0.29) is 5.91 Å². The van der Waals surface area contributed by atoms with E-state index in [0.717, 1.165) is 63.5 Å². The van der Waals surface area contributed by atoms with Gasteiger partial charge in [0.1, 0.15) is 4.88 Å². The molecule has 0 spiro atoms. The van der Waals surface area contributed by atoms with E-state index in [2.05, 4.69) is 60.0 Å². The number of hydrogen-bond donors (Lipinski definition) is 0. The second-order valence-corrected chi connectivity index (χ2v) is 12.3. The standard InChI is InChI=1S/C31H36ClN3O3S/c1-21-19-34(26-9-12-33(13-10-26)31(36)30-27(32)11-16-39-30)14-15-35(21)22(2)25-6-3-23(4-7-25)17-24-5-8-28-29(18-24)38-20-37-28/h3-8,11,16,18,21-22,26H,9-10,12-15,17,19-20H2,1-2H3/t21-,22+/m1/s1. The van der Waals surface area contributed by atoms with Gasteiger partial charge in [0.2, 0.25) is 6.79 Å². The molecule has 1 amide bonds. The van der Waals surface area contributed by atoms with Crippen molar-refractivity contribution in [2.24, 2.45) is 0 Å². The Kier molecular flexibility index (Phi) is 7.85. The summed E-state index contributed by atoms with van der Waals surface area (Å²) < 4.78 is 11.0. The number of piperidine rings is 1. The van der Waals surface area contributed by atoms with Crippen molar-refractivity contribution in [3.63, 3.8) is 0 Å². The molecule has 2 saturated heterocycles. The molecule has 0 unspecified atom stereocenters. The van der Waals surface area contributed by atoms with Crippen LogP contribution in [0.15, 0.2) is 53.9 Å². The Labute approximate surface area is 240 Å². The van der Waals surface area contributed by atoms with Crippen LogP contribution in [0, 0.1) is 0 Å². The van der Waals surface area contributed by atoms with E-state index in [0.29, 0.717) is 34.8 Å². The summed E-state index contributed by atoms with van der Waals surface area (Å²) in [7, 11) is 0. The fraction of sp³-hybridized carbons (Fsp3) is 0.452. The molecule has 3 aromatic rings. The van der Waals surface area contributed by atoms with Gasteiger partial charge >= 0.3 is 0 Å². The van der Waals surface area contributed by atoms with Crippen LogP contribution < -0.4 is 9.47 Å². The summed E-state index contributed by atoms with van der Waals surface area (Å²) in [6.07, 6.45) is 2.94. The zero-order chi connectivity index (χ0) is 26.9. The largest absolute Gasteiger partial charge is 0.454 e. The van der Waals surface area contributed by atoms with Gasteiger partial charge in [-0.3, -0.25) is 14.6 Å². The number of hydrogen-bond acceptors (Lipinski definition) is 6. The molecule has 2 fully saturated rings. The number of thiophene rings is 1. The molecule has 0 N–H and O–H groups in total. The first-order chi connectivity index (χ1) is 19.0. The highest BCUT2D eigenvalue weighted by Gasteiger charge is 2.34. The van der Waals surface area contributed by atoms with Gasteiger partial charge in [-0.2, -0.15) is 0 Å². The maximum atomic E-state index is 12.8. The number of ether oxygens (including phenoxy) is 2. The van der Waals surface area contributed by atoms with Crippen LogP contribution in [0.5, 0.6) is 11.5 Å². The predicted octanol–water partition coefficient (Wildman–Crippen LogP) is 6.09. The SMILES string of the molecule is C[C@@H]1CN(C2CCN(C(=O)c3sccc3Cl)CC2)CCN1[C@@H](C)c1ccc(Cc2ccc3c(c2)OCO3)cc1.